The summed E-state index contributed by atoms with van der Waals surface area (Å²) in [5, 5.41) is 0.194. The first kappa shape index (κ1) is 4.53. The molecule has 3 heteroatoms. The van der Waals surface area contributed by atoms with Gasteiger partial charge >= 0.3 is 0 Å². The molecule has 0 unspecified atom stereocenters. The van der Waals surface area contributed by atoms with E-state index in [0.717, 1.165) is 0 Å². The first-order chi connectivity index (χ1) is 3.30. The highest BCUT2D eigenvalue weighted by Crippen LogP contribution is 2.05. The second-order valence-corrected chi connectivity index (χ2v) is 1.51. The lowest BCUT2D eigenvalue weighted by Gasteiger charge is -1.74. The lowest BCUT2D eigenvalue weighted by atomic mass is 10.6. The summed E-state index contributed by atoms with van der Waals surface area (Å²) in [6.07, 6.45) is 2.84. The van der Waals surface area contributed by atoms with E-state index in [4.69, 9.17) is 11.6 Å². The van der Waals surface area contributed by atoms with Gasteiger partial charge in [-0.25, -0.2) is 4.99 Å². The number of carbonyl (C=O) groups is 1. The Hall–Kier alpha value is -0.630. The van der Waals surface area contributed by atoms with Gasteiger partial charge in [-0.05, 0) is 6.08 Å². The largest absolute Gasteiger partial charge is 0.288 e. The molecule has 0 saturated heterocycles. The normalized spacial score (nSPS) is 17.9. The van der Waals surface area contributed by atoms with Crippen molar-refractivity contribution in [1.29, 1.82) is 0 Å². The van der Waals surface area contributed by atoms with Crippen molar-refractivity contribution in [2.75, 3.05) is 0 Å². The maximum absolute atomic E-state index is 10.2. The van der Waals surface area contributed by atoms with Gasteiger partial charge in [0.2, 0.25) is 0 Å². The van der Waals surface area contributed by atoms with Crippen LogP contribution in [0, 0.1) is 0 Å². The van der Waals surface area contributed by atoms with Crippen LogP contribution in [0.3, 0.4) is 0 Å². The van der Waals surface area contributed by atoms with Crippen LogP contribution in [0.5, 0.6) is 0 Å². The highest BCUT2D eigenvalue weighted by Gasteiger charge is 2.05. The van der Waals surface area contributed by atoms with E-state index in [1.807, 2.05) is 0 Å². The van der Waals surface area contributed by atoms with Crippen LogP contribution in [0.15, 0.2) is 16.1 Å². The smallest absolute Gasteiger partial charge is 0.266 e. The molecule has 0 N–H and O–H groups in total. The van der Waals surface area contributed by atoms with Crippen molar-refractivity contribution in [3.05, 3.63) is 11.1 Å². The Morgan fingerprint density at radius 1 is 1.71 bits per heavy atom. The third-order valence-corrected chi connectivity index (χ3v) is 0.905. The molecule has 0 aromatic rings. The molecular weight excluding hydrogens is 114 g/mol. The fraction of sp³-hybridized carbons (Fsp3) is 0. The minimum absolute atomic E-state index is 0.194. The Labute approximate surface area is 45.5 Å². The van der Waals surface area contributed by atoms with Crippen LogP contribution in [0.2, 0.25) is 0 Å². The minimum Gasteiger partial charge on any atom is -0.266 e. The Kier molecular flexibility index (Phi) is 0.947. The van der Waals surface area contributed by atoms with Gasteiger partial charge in [-0.2, -0.15) is 0 Å². The Bertz CT molecular complexity index is 159. The van der Waals surface area contributed by atoms with E-state index < -0.39 is 0 Å². The second-order valence-electron chi connectivity index (χ2n) is 1.10. The average Bonchev–Trinajstić information content (AvgIpc) is 1.91. The third kappa shape index (κ3) is 0.695. The number of halogens is 1. The molecule has 7 heavy (non-hydrogen) atoms. The van der Waals surface area contributed by atoms with E-state index in [2.05, 4.69) is 4.99 Å². The van der Waals surface area contributed by atoms with Crippen molar-refractivity contribution in [2.45, 2.75) is 0 Å². The fourth-order valence-corrected chi connectivity index (χ4v) is 0.408. The van der Waals surface area contributed by atoms with Crippen molar-refractivity contribution in [3.63, 3.8) is 0 Å². The van der Waals surface area contributed by atoms with Crippen molar-refractivity contribution in [2.24, 2.45) is 4.99 Å². The summed E-state index contributed by atoms with van der Waals surface area (Å²) in [6.45, 7) is 0. The zero-order valence-electron chi connectivity index (χ0n) is 3.39. The Morgan fingerprint density at radius 2 is 2.43 bits per heavy atom. The van der Waals surface area contributed by atoms with Crippen LogP contribution in [-0.4, -0.2) is 12.1 Å². The molecule has 0 saturated carbocycles. The Balaban J connectivity index is 2.89. The fourth-order valence-electron chi connectivity index (χ4n) is 0.303. The summed E-state index contributed by atoms with van der Waals surface area (Å²) in [5.41, 5.74) is 0. The SMILES string of the molecule is O=C1N=CC=C1Cl. The topological polar surface area (TPSA) is 29.4 Å². The summed E-state index contributed by atoms with van der Waals surface area (Å²) in [4.78, 5) is 13.5. The van der Waals surface area contributed by atoms with Gasteiger partial charge in [0.15, 0.2) is 0 Å². The molecule has 1 heterocycles. The van der Waals surface area contributed by atoms with Crippen molar-refractivity contribution in [3.8, 4) is 0 Å². The monoisotopic (exact) mass is 115 g/mol. The highest BCUT2D eigenvalue weighted by molar-refractivity contribution is 6.45. The molecule has 0 bridgehead atoms. The summed E-state index contributed by atoms with van der Waals surface area (Å²) in [5.74, 6) is -0.346. The average molecular weight is 116 g/mol. The second kappa shape index (κ2) is 1.46. The molecule has 1 amide bonds. The van der Waals surface area contributed by atoms with Crippen LogP contribution in [-0.2, 0) is 4.79 Å². The lowest BCUT2D eigenvalue weighted by Crippen LogP contribution is -1.83. The summed E-state index contributed by atoms with van der Waals surface area (Å²) < 4.78 is 0. The number of aliphatic imine (C=N–C) groups is 1. The van der Waals surface area contributed by atoms with Crippen LogP contribution in [0.25, 0.3) is 0 Å². The molecular formula is C4H2ClNO. The van der Waals surface area contributed by atoms with Crippen molar-refractivity contribution < 1.29 is 4.79 Å². The standard InChI is InChI=1S/C4H2ClNO/c5-3-1-2-6-4(3)7/h1-2H. The van der Waals surface area contributed by atoms with Gasteiger partial charge in [-0.3, -0.25) is 4.79 Å². The molecule has 1 aliphatic heterocycles. The zero-order valence-corrected chi connectivity index (χ0v) is 4.14. The number of allylic oxidation sites excluding steroid dienone is 1. The first-order valence-corrected chi connectivity index (χ1v) is 2.12. The molecule has 0 fully saturated rings. The van der Waals surface area contributed by atoms with Gasteiger partial charge in [-0.1, -0.05) is 11.6 Å². The van der Waals surface area contributed by atoms with Gasteiger partial charge in [-0.15, -0.1) is 0 Å². The van der Waals surface area contributed by atoms with Gasteiger partial charge in [0.05, 0.1) is 0 Å². The van der Waals surface area contributed by atoms with Crippen molar-refractivity contribution >= 4 is 23.7 Å². The molecule has 1 rings (SSSR count). The molecule has 2 nitrogen and oxygen atoms in total. The van der Waals surface area contributed by atoms with Gasteiger partial charge < -0.3 is 0 Å². The number of hydrogen-bond donors (Lipinski definition) is 0. The van der Waals surface area contributed by atoms with Crippen molar-refractivity contribution in [1.82, 2.24) is 0 Å². The molecule has 0 radical (unpaired) electrons. The first-order valence-electron chi connectivity index (χ1n) is 1.75. The van der Waals surface area contributed by atoms with Crippen LogP contribution in [0.1, 0.15) is 0 Å². The van der Waals surface area contributed by atoms with E-state index in [1.54, 1.807) is 0 Å². The van der Waals surface area contributed by atoms with E-state index >= 15 is 0 Å². The number of rotatable bonds is 0. The van der Waals surface area contributed by atoms with E-state index in [0.29, 0.717) is 0 Å². The van der Waals surface area contributed by atoms with Crippen LogP contribution >= 0.6 is 11.6 Å². The maximum Gasteiger partial charge on any atom is 0.288 e. The molecule has 1 aliphatic rings. The molecule has 0 aromatic heterocycles. The van der Waals surface area contributed by atoms with E-state index in [1.165, 1.54) is 12.3 Å². The molecule has 0 atom stereocenters. The summed E-state index contributed by atoms with van der Waals surface area (Å²) >= 11 is 5.25. The molecule has 0 aromatic carbocycles. The number of hydrogen-bond acceptors (Lipinski definition) is 1. The third-order valence-electron chi connectivity index (χ3n) is 0.617. The highest BCUT2D eigenvalue weighted by atomic mass is 35.5. The number of carbonyl (C=O) groups excluding carboxylic acids is 1. The van der Waals surface area contributed by atoms with E-state index in [9.17, 15) is 4.79 Å². The summed E-state index contributed by atoms with van der Waals surface area (Å²) in [7, 11) is 0. The molecule has 0 spiro atoms. The minimum atomic E-state index is -0.346. The van der Waals surface area contributed by atoms with Gasteiger partial charge in [0.25, 0.3) is 5.91 Å². The maximum atomic E-state index is 10.2. The van der Waals surface area contributed by atoms with Crippen LogP contribution < -0.4 is 0 Å². The number of amides is 1. The predicted octanol–water partition coefficient (Wildman–Crippen LogP) is 0.720. The summed E-state index contributed by atoms with van der Waals surface area (Å²) in [6, 6.07) is 0. The Morgan fingerprint density at radius 3 is 2.57 bits per heavy atom. The molecule has 36 valence electrons. The number of nitrogens with zero attached hydrogens (tertiary/aromatic N) is 1. The van der Waals surface area contributed by atoms with E-state index in [-0.39, 0.29) is 10.9 Å². The predicted molar refractivity (Wildman–Crippen MR) is 27.4 cm³/mol. The lowest BCUT2D eigenvalue weighted by molar-refractivity contribution is -0.113. The molecule has 0 aliphatic carbocycles. The zero-order chi connectivity index (χ0) is 5.28. The quantitative estimate of drug-likeness (QED) is 0.458. The van der Waals surface area contributed by atoms with Gasteiger partial charge in [0.1, 0.15) is 5.03 Å². The van der Waals surface area contributed by atoms with Crippen LogP contribution in [0.4, 0.5) is 0 Å². The van der Waals surface area contributed by atoms with Gasteiger partial charge in [0, 0.05) is 6.21 Å².